The minimum Gasteiger partial charge on any atom is -0.480 e. The van der Waals surface area contributed by atoms with Gasteiger partial charge in [0.1, 0.15) is 23.3 Å². The van der Waals surface area contributed by atoms with Gasteiger partial charge in [-0.05, 0) is 6.42 Å². The van der Waals surface area contributed by atoms with Crippen molar-refractivity contribution < 1.29 is 9.90 Å². The Morgan fingerprint density at radius 3 is 2.94 bits per heavy atom. The summed E-state index contributed by atoms with van der Waals surface area (Å²) in [6, 6.07) is 0.870. The Morgan fingerprint density at radius 2 is 2.38 bits per heavy atom. The maximum Gasteiger partial charge on any atom is 0.326 e. The van der Waals surface area contributed by atoms with E-state index in [2.05, 4.69) is 15.3 Å². The molecule has 0 saturated carbocycles. The van der Waals surface area contributed by atoms with E-state index in [9.17, 15) is 4.79 Å². The lowest BCUT2D eigenvalue weighted by Crippen LogP contribution is -2.29. The van der Waals surface area contributed by atoms with Crippen molar-refractivity contribution in [3.05, 3.63) is 17.5 Å². The molecule has 0 aromatic carbocycles. The summed E-state index contributed by atoms with van der Waals surface area (Å²) >= 11 is 5.67. The second-order valence-electron chi connectivity index (χ2n) is 3.40. The van der Waals surface area contributed by atoms with E-state index in [-0.39, 0.29) is 5.15 Å². The van der Waals surface area contributed by atoms with Crippen molar-refractivity contribution in [1.29, 1.82) is 0 Å². The molecule has 1 aromatic rings. The molecular formula is C10H14ClN3O2. The molecule has 0 amide bonds. The van der Waals surface area contributed by atoms with Gasteiger partial charge in [0.15, 0.2) is 0 Å². The van der Waals surface area contributed by atoms with Crippen molar-refractivity contribution >= 4 is 23.4 Å². The van der Waals surface area contributed by atoms with Gasteiger partial charge in [-0.15, -0.1) is 0 Å². The highest BCUT2D eigenvalue weighted by Gasteiger charge is 2.16. The first-order valence-corrected chi connectivity index (χ1v) is 5.48. The molecule has 0 aliphatic rings. The number of anilines is 1. The van der Waals surface area contributed by atoms with Gasteiger partial charge in [0.2, 0.25) is 0 Å². The number of nitrogens with one attached hydrogen (secondary N) is 1. The average molecular weight is 244 g/mol. The minimum atomic E-state index is -0.886. The first-order chi connectivity index (χ1) is 7.63. The summed E-state index contributed by atoms with van der Waals surface area (Å²) in [5.41, 5.74) is 0. The third-order valence-electron chi connectivity index (χ3n) is 2.10. The normalized spacial score (nSPS) is 12.1. The van der Waals surface area contributed by atoms with E-state index in [0.717, 1.165) is 12.8 Å². The lowest BCUT2D eigenvalue weighted by Gasteiger charge is -2.14. The van der Waals surface area contributed by atoms with Crippen molar-refractivity contribution in [1.82, 2.24) is 9.97 Å². The quantitative estimate of drug-likeness (QED) is 0.749. The maximum absolute atomic E-state index is 11.0. The zero-order valence-corrected chi connectivity index (χ0v) is 9.74. The number of halogens is 1. The topological polar surface area (TPSA) is 75.1 Å². The van der Waals surface area contributed by atoms with Gasteiger partial charge >= 0.3 is 5.97 Å². The van der Waals surface area contributed by atoms with Crippen LogP contribution in [0.15, 0.2) is 12.4 Å². The molecule has 1 rings (SSSR count). The van der Waals surface area contributed by atoms with E-state index in [1.165, 1.54) is 12.4 Å². The Labute approximate surface area is 98.9 Å². The summed E-state index contributed by atoms with van der Waals surface area (Å²) in [6.07, 6.45) is 3.66. The number of hydrogen-bond acceptors (Lipinski definition) is 4. The number of carbonyl (C=O) groups is 1. The van der Waals surface area contributed by atoms with Gasteiger partial charge in [0.05, 0.1) is 0 Å². The Morgan fingerprint density at radius 1 is 1.62 bits per heavy atom. The second-order valence-corrected chi connectivity index (χ2v) is 3.79. The van der Waals surface area contributed by atoms with Gasteiger partial charge in [-0.2, -0.15) is 0 Å². The molecule has 1 aromatic heterocycles. The first kappa shape index (κ1) is 12.7. The number of aromatic nitrogens is 2. The molecule has 2 N–H and O–H groups in total. The monoisotopic (exact) mass is 243 g/mol. The molecule has 0 fully saturated rings. The molecule has 6 heteroatoms. The molecule has 0 spiro atoms. The zero-order chi connectivity index (χ0) is 12.0. The summed E-state index contributed by atoms with van der Waals surface area (Å²) in [5, 5.41) is 12.1. The highest BCUT2D eigenvalue weighted by atomic mass is 35.5. The van der Waals surface area contributed by atoms with Gasteiger partial charge in [-0.1, -0.05) is 31.4 Å². The molecular weight excluding hydrogens is 230 g/mol. The third-order valence-corrected chi connectivity index (χ3v) is 2.31. The summed E-state index contributed by atoms with van der Waals surface area (Å²) in [5.74, 6) is -0.452. The molecule has 0 unspecified atom stereocenters. The molecule has 1 atom stereocenters. The van der Waals surface area contributed by atoms with E-state index in [4.69, 9.17) is 16.7 Å². The Hall–Kier alpha value is -1.36. The number of nitrogens with zero attached hydrogens (tertiary/aromatic N) is 2. The largest absolute Gasteiger partial charge is 0.480 e. The van der Waals surface area contributed by atoms with Gasteiger partial charge in [0, 0.05) is 6.07 Å². The van der Waals surface area contributed by atoms with Crippen LogP contribution in [0.5, 0.6) is 0 Å². The lowest BCUT2D eigenvalue weighted by molar-refractivity contribution is -0.138. The highest BCUT2D eigenvalue weighted by Crippen LogP contribution is 2.12. The molecule has 0 saturated heterocycles. The predicted octanol–water partition coefficient (Wildman–Crippen LogP) is 2.19. The minimum absolute atomic E-state index is 0.289. The molecule has 0 bridgehead atoms. The first-order valence-electron chi connectivity index (χ1n) is 5.10. The summed E-state index contributed by atoms with van der Waals surface area (Å²) in [6.45, 7) is 2.01. The number of aliphatic carboxylic acids is 1. The van der Waals surface area contributed by atoms with Crippen molar-refractivity contribution in [3.63, 3.8) is 0 Å². The number of hydrogen-bond donors (Lipinski definition) is 2. The molecule has 0 aliphatic carbocycles. The second kappa shape index (κ2) is 6.27. The third kappa shape index (κ3) is 4.02. The lowest BCUT2D eigenvalue weighted by atomic mass is 10.1. The molecule has 0 aliphatic heterocycles. The van der Waals surface area contributed by atoms with Crippen LogP contribution in [-0.4, -0.2) is 27.1 Å². The fourth-order valence-corrected chi connectivity index (χ4v) is 1.40. The number of carboxylic acids is 1. The van der Waals surface area contributed by atoms with Gasteiger partial charge in [0.25, 0.3) is 0 Å². The van der Waals surface area contributed by atoms with Gasteiger partial charge in [-0.25, -0.2) is 14.8 Å². The van der Waals surface area contributed by atoms with Crippen LogP contribution in [0.4, 0.5) is 5.82 Å². The van der Waals surface area contributed by atoms with Crippen LogP contribution < -0.4 is 5.32 Å². The van der Waals surface area contributed by atoms with Crippen LogP contribution >= 0.6 is 11.6 Å². The van der Waals surface area contributed by atoms with Crippen molar-refractivity contribution in [2.45, 2.75) is 32.2 Å². The van der Waals surface area contributed by atoms with E-state index >= 15 is 0 Å². The van der Waals surface area contributed by atoms with E-state index < -0.39 is 12.0 Å². The van der Waals surface area contributed by atoms with E-state index in [1.54, 1.807) is 0 Å². The van der Waals surface area contributed by atoms with Crippen molar-refractivity contribution in [2.24, 2.45) is 0 Å². The van der Waals surface area contributed by atoms with Crippen LogP contribution in [0.3, 0.4) is 0 Å². The van der Waals surface area contributed by atoms with Crippen LogP contribution in [0.25, 0.3) is 0 Å². The summed E-state index contributed by atoms with van der Waals surface area (Å²) in [7, 11) is 0. The summed E-state index contributed by atoms with van der Waals surface area (Å²) < 4.78 is 0. The maximum atomic E-state index is 11.0. The fourth-order valence-electron chi connectivity index (χ4n) is 1.26. The Bertz CT molecular complexity index is 360. The van der Waals surface area contributed by atoms with Gasteiger partial charge in [-0.3, -0.25) is 0 Å². The smallest absolute Gasteiger partial charge is 0.326 e. The zero-order valence-electron chi connectivity index (χ0n) is 8.98. The van der Waals surface area contributed by atoms with Crippen LogP contribution in [0.2, 0.25) is 5.15 Å². The Kier molecular flexibility index (Phi) is 4.98. The molecule has 88 valence electrons. The van der Waals surface area contributed by atoms with Crippen LogP contribution in [0.1, 0.15) is 26.2 Å². The van der Waals surface area contributed by atoms with Crippen molar-refractivity contribution in [2.75, 3.05) is 5.32 Å². The van der Waals surface area contributed by atoms with Crippen LogP contribution in [-0.2, 0) is 4.79 Å². The SMILES string of the molecule is CCCC[C@H](Nc1cc(Cl)ncn1)C(=O)O. The number of unbranched alkanes of at least 4 members (excludes halogenated alkanes) is 1. The van der Waals surface area contributed by atoms with E-state index in [1.807, 2.05) is 6.92 Å². The van der Waals surface area contributed by atoms with Gasteiger partial charge < -0.3 is 10.4 Å². The van der Waals surface area contributed by atoms with E-state index in [0.29, 0.717) is 12.2 Å². The molecule has 0 radical (unpaired) electrons. The standard InChI is InChI=1S/C10H14ClN3O2/c1-2-3-4-7(10(15)16)14-9-5-8(11)12-6-13-9/h5-7H,2-4H2,1H3,(H,15,16)(H,12,13,14)/t7-/m0/s1. The molecule has 5 nitrogen and oxygen atoms in total. The highest BCUT2D eigenvalue weighted by molar-refractivity contribution is 6.29. The summed E-state index contributed by atoms with van der Waals surface area (Å²) in [4.78, 5) is 18.6. The number of carboxylic acid groups (broad SMARTS) is 1. The molecule has 1 heterocycles. The molecule has 16 heavy (non-hydrogen) atoms. The fraction of sp³-hybridized carbons (Fsp3) is 0.500. The Balaban J connectivity index is 2.64. The van der Waals surface area contributed by atoms with Crippen molar-refractivity contribution in [3.8, 4) is 0 Å². The van der Waals surface area contributed by atoms with Crippen LogP contribution in [0, 0.1) is 0 Å². The predicted molar refractivity (Wildman–Crippen MR) is 61.6 cm³/mol. The average Bonchev–Trinajstić information content (AvgIpc) is 2.24. The number of rotatable bonds is 6.